The third-order valence-electron chi connectivity index (χ3n) is 9.59. The summed E-state index contributed by atoms with van der Waals surface area (Å²) in [5.74, 6) is 0. The smallest absolute Gasteiger partial charge is 0.307 e. The molecule has 0 bridgehead atoms. The molecule has 0 atom stereocenters. The normalized spacial score (nSPS) is 12.1. The maximum atomic E-state index is 14.1. The molecule has 0 unspecified atom stereocenters. The van der Waals surface area contributed by atoms with E-state index in [1.807, 2.05) is 12.1 Å². The van der Waals surface area contributed by atoms with Crippen molar-refractivity contribution in [2.24, 2.45) is 0 Å². The lowest BCUT2D eigenvalue weighted by molar-refractivity contribution is -0.137. The highest BCUT2D eigenvalue weighted by atomic mass is 19.4. The van der Waals surface area contributed by atoms with Crippen molar-refractivity contribution in [3.63, 3.8) is 0 Å². The number of alkyl halides is 3. The van der Waals surface area contributed by atoms with Crippen LogP contribution in [-0.4, -0.2) is 9.13 Å². The first-order valence-corrected chi connectivity index (χ1v) is 16.2. The molecule has 6 aromatic carbocycles. The second-order valence-corrected chi connectivity index (χ2v) is 13.3. The van der Waals surface area contributed by atoms with Gasteiger partial charge < -0.3 is 9.13 Å². The van der Waals surface area contributed by atoms with Gasteiger partial charge in [0.2, 0.25) is 0 Å². The first kappa shape index (κ1) is 30.5. The van der Waals surface area contributed by atoms with Crippen LogP contribution < -0.4 is 0 Å². The Balaban J connectivity index is 1.60. The minimum Gasteiger partial charge on any atom is -0.307 e. The van der Waals surface area contributed by atoms with E-state index in [2.05, 4.69) is 116 Å². The zero-order chi connectivity index (χ0) is 34.4. The van der Waals surface area contributed by atoms with Crippen LogP contribution in [0.1, 0.15) is 38.9 Å². The molecule has 3 nitrogen and oxygen atoms in total. The fourth-order valence-electron chi connectivity index (χ4n) is 7.36. The number of benzene rings is 6. The van der Waals surface area contributed by atoms with Crippen LogP contribution in [0.4, 0.5) is 13.2 Å². The van der Waals surface area contributed by atoms with Gasteiger partial charge in [-0.2, -0.15) is 18.4 Å². The Morgan fingerprint density at radius 1 is 0.490 bits per heavy atom. The van der Waals surface area contributed by atoms with Crippen LogP contribution in [0.5, 0.6) is 0 Å². The standard InChI is InChI=1S/C43H32F3N3/c1-24-6-10-32-33-11-7-25(2)17-38(33)48(37(32)16-24)41-21-30(23-47)36(29-14-28(5)15-31(20-29)43(44,45)46)22-42(41)49-39-18-26(3)8-12-34(39)35-13-9-27(4)19-40(35)49/h6-22H,1-5H3. The maximum Gasteiger partial charge on any atom is 0.416 e. The SMILES string of the molecule is Cc1cc(-c2cc(-n3c4cc(C)ccc4c4ccc(C)cc43)c(-n3c4cc(C)ccc4c4ccc(C)cc43)cc2C#N)cc(C(F)(F)F)c1. The van der Waals surface area contributed by atoms with E-state index in [1.54, 1.807) is 13.0 Å². The number of fused-ring (bicyclic) bond motifs is 6. The van der Waals surface area contributed by atoms with Gasteiger partial charge in [0.15, 0.2) is 0 Å². The lowest BCUT2D eigenvalue weighted by atomic mass is 9.95. The van der Waals surface area contributed by atoms with Gasteiger partial charge in [0.1, 0.15) is 0 Å². The average Bonchev–Trinajstić information content (AvgIpc) is 3.53. The Hall–Kier alpha value is -5.80. The summed E-state index contributed by atoms with van der Waals surface area (Å²) < 4.78 is 46.8. The molecule has 2 heterocycles. The monoisotopic (exact) mass is 647 g/mol. The molecule has 2 aromatic heterocycles. The maximum absolute atomic E-state index is 14.1. The van der Waals surface area contributed by atoms with Crippen LogP contribution in [0.25, 0.3) is 66.1 Å². The van der Waals surface area contributed by atoms with Crippen molar-refractivity contribution in [3.05, 3.63) is 142 Å². The first-order chi connectivity index (χ1) is 23.4. The highest BCUT2D eigenvalue weighted by Gasteiger charge is 2.31. The number of nitrogens with zero attached hydrogens (tertiary/aromatic N) is 3. The van der Waals surface area contributed by atoms with Crippen molar-refractivity contribution in [3.8, 4) is 28.6 Å². The van der Waals surface area contributed by atoms with Gasteiger partial charge in [-0.3, -0.25) is 0 Å². The molecule has 0 N–H and O–H groups in total. The molecule has 0 aliphatic rings. The fourth-order valence-corrected chi connectivity index (χ4v) is 7.36. The molecule has 0 radical (unpaired) electrons. The zero-order valence-corrected chi connectivity index (χ0v) is 27.8. The Morgan fingerprint density at radius 2 is 0.898 bits per heavy atom. The van der Waals surface area contributed by atoms with Crippen LogP contribution >= 0.6 is 0 Å². The second kappa shape index (κ2) is 10.9. The Bertz CT molecular complexity index is 2600. The van der Waals surface area contributed by atoms with Gasteiger partial charge in [-0.05, 0) is 117 Å². The number of rotatable bonds is 3. The van der Waals surface area contributed by atoms with Crippen LogP contribution in [0.3, 0.4) is 0 Å². The number of hydrogen-bond acceptors (Lipinski definition) is 1. The van der Waals surface area contributed by atoms with E-state index in [4.69, 9.17) is 0 Å². The van der Waals surface area contributed by atoms with Crippen LogP contribution in [-0.2, 0) is 6.18 Å². The number of halogens is 3. The predicted octanol–water partition coefficient (Wildman–Crippen LogP) is 12.0. The molecule has 0 amide bonds. The second-order valence-electron chi connectivity index (χ2n) is 13.3. The van der Waals surface area contributed by atoms with E-state index in [0.717, 1.165) is 89.4 Å². The molecule has 49 heavy (non-hydrogen) atoms. The summed E-state index contributed by atoms with van der Waals surface area (Å²) in [4.78, 5) is 0. The minimum absolute atomic E-state index is 0.293. The molecule has 0 spiro atoms. The quantitative estimate of drug-likeness (QED) is 0.188. The molecule has 240 valence electrons. The van der Waals surface area contributed by atoms with Crippen molar-refractivity contribution >= 4 is 43.6 Å². The van der Waals surface area contributed by atoms with E-state index < -0.39 is 11.7 Å². The van der Waals surface area contributed by atoms with Crippen molar-refractivity contribution in [1.82, 2.24) is 9.13 Å². The molecule has 8 rings (SSSR count). The molecule has 0 saturated carbocycles. The van der Waals surface area contributed by atoms with Gasteiger partial charge in [0.05, 0.1) is 50.6 Å². The fraction of sp³-hybridized carbons (Fsp3) is 0.140. The average molecular weight is 648 g/mol. The van der Waals surface area contributed by atoms with Crippen molar-refractivity contribution in [2.45, 2.75) is 40.8 Å². The highest BCUT2D eigenvalue weighted by molar-refractivity contribution is 6.12. The lowest BCUT2D eigenvalue weighted by Crippen LogP contribution is -2.07. The van der Waals surface area contributed by atoms with Gasteiger partial charge in [-0.15, -0.1) is 0 Å². The summed E-state index contributed by atoms with van der Waals surface area (Å²) in [5.41, 5.74) is 10.6. The van der Waals surface area contributed by atoms with Crippen molar-refractivity contribution < 1.29 is 13.2 Å². The van der Waals surface area contributed by atoms with Crippen molar-refractivity contribution in [1.29, 1.82) is 5.26 Å². The molecular weight excluding hydrogens is 615 g/mol. The summed E-state index contributed by atoms with van der Waals surface area (Å²) >= 11 is 0. The Morgan fingerprint density at radius 3 is 1.29 bits per heavy atom. The van der Waals surface area contributed by atoms with Gasteiger partial charge in [-0.25, -0.2) is 0 Å². The van der Waals surface area contributed by atoms with Gasteiger partial charge in [0.25, 0.3) is 0 Å². The topological polar surface area (TPSA) is 33.6 Å². The van der Waals surface area contributed by atoms with Gasteiger partial charge >= 0.3 is 6.18 Å². The summed E-state index contributed by atoms with van der Waals surface area (Å²) in [6, 6.07) is 35.7. The van der Waals surface area contributed by atoms with E-state index in [1.165, 1.54) is 0 Å². The van der Waals surface area contributed by atoms with E-state index in [9.17, 15) is 18.4 Å². The predicted molar refractivity (Wildman–Crippen MR) is 194 cm³/mol. The Labute approximate surface area is 282 Å². The van der Waals surface area contributed by atoms with E-state index in [0.29, 0.717) is 22.3 Å². The van der Waals surface area contributed by atoms with Crippen LogP contribution in [0.2, 0.25) is 0 Å². The molecule has 0 fully saturated rings. The lowest BCUT2D eigenvalue weighted by Gasteiger charge is -2.20. The van der Waals surface area contributed by atoms with Gasteiger partial charge in [-0.1, -0.05) is 54.6 Å². The van der Waals surface area contributed by atoms with E-state index in [-0.39, 0.29) is 0 Å². The molecule has 0 saturated heterocycles. The number of aryl methyl sites for hydroxylation is 5. The largest absolute Gasteiger partial charge is 0.416 e. The van der Waals surface area contributed by atoms with Crippen LogP contribution in [0, 0.1) is 45.9 Å². The zero-order valence-electron chi connectivity index (χ0n) is 27.8. The third-order valence-corrected chi connectivity index (χ3v) is 9.59. The Kier molecular flexibility index (Phi) is 6.77. The number of hydrogen-bond donors (Lipinski definition) is 0. The minimum atomic E-state index is -4.53. The van der Waals surface area contributed by atoms with Crippen molar-refractivity contribution in [2.75, 3.05) is 0 Å². The number of nitriles is 1. The summed E-state index contributed by atoms with van der Waals surface area (Å²) in [6.45, 7) is 9.89. The van der Waals surface area contributed by atoms with Crippen LogP contribution in [0.15, 0.2) is 103 Å². The molecule has 6 heteroatoms. The summed E-state index contributed by atoms with van der Waals surface area (Å²) in [5, 5.41) is 15.0. The molecule has 0 aliphatic carbocycles. The summed E-state index contributed by atoms with van der Waals surface area (Å²) in [7, 11) is 0. The summed E-state index contributed by atoms with van der Waals surface area (Å²) in [6.07, 6.45) is -4.53. The first-order valence-electron chi connectivity index (χ1n) is 16.2. The number of aromatic nitrogens is 2. The van der Waals surface area contributed by atoms with E-state index >= 15 is 0 Å². The highest BCUT2D eigenvalue weighted by Crippen LogP contribution is 2.42. The molecule has 8 aromatic rings. The third kappa shape index (κ3) is 4.88. The van der Waals surface area contributed by atoms with Gasteiger partial charge in [0, 0.05) is 27.1 Å². The molecular formula is C43H32F3N3. The molecule has 0 aliphatic heterocycles.